The average molecular weight is 590 g/mol. The molecule has 9 heteroatoms. The van der Waals surface area contributed by atoms with Gasteiger partial charge < -0.3 is 14.6 Å². The van der Waals surface area contributed by atoms with Crippen molar-refractivity contribution in [3.05, 3.63) is 69.8 Å². The van der Waals surface area contributed by atoms with Crippen LogP contribution in [0.4, 0.5) is 5.69 Å². The third-order valence-corrected chi connectivity index (χ3v) is 10.3. The second kappa shape index (κ2) is 9.83. The maximum absolute atomic E-state index is 14.2. The second-order valence-electron chi connectivity index (χ2n) is 11.9. The number of hydrogen-bond donors (Lipinski definition) is 1. The molecule has 2 aromatic carbocycles. The summed E-state index contributed by atoms with van der Waals surface area (Å²) in [6, 6.07) is 9.92. The molecule has 6 rings (SSSR count). The van der Waals surface area contributed by atoms with Crippen LogP contribution < -0.4 is 14.4 Å². The predicted molar refractivity (Wildman–Crippen MR) is 156 cm³/mol. The van der Waals surface area contributed by atoms with Gasteiger partial charge in [-0.1, -0.05) is 30.2 Å². The van der Waals surface area contributed by atoms with E-state index in [-0.39, 0.29) is 47.1 Å². The predicted octanol–water partition coefficient (Wildman–Crippen LogP) is 5.41. The van der Waals surface area contributed by atoms with Gasteiger partial charge in [-0.25, -0.2) is 0 Å². The summed E-state index contributed by atoms with van der Waals surface area (Å²) >= 11 is 6.06. The van der Waals surface area contributed by atoms with E-state index in [1.165, 1.54) is 19.1 Å². The van der Waals surface area contributed by atoms with Gasteiger partial charge in [0.05, 0.1) is 37.2 Å². The SMILES string of the molecule is COc1cc([C@H]2C3=CC[C@@H]4C(=O)N(c5ccc(Cl)cc5)C(=O)[C@@H]4[C@@H]3C[C@H]3C(=O)C(C)=C(C)C(=O)[C@@]23C)cc(OC)c1O. The van der Waals surface area contributed by atoms with Crippen LogP contribution in [0.1, 0.15) is 45.1 Å². The Balaban J connectivity index is 1.54. The van der Waals surface area contributed by atoms with Crippen molar-refractivity contribution < 1.29 is 33.8 Å². The number of hydrogen-bond acceptors (Lipinski definition) is 7. The van der Waals surface area contributed by atoms with Crippen LogP contribution in [0.5, 0.6) is 17.2 Å². The van der Waals surface area contributed by atoms with Crippen molar-refractivity contribution in [1.82, 2.24) is 0 Å². The summed E-state index contributed by atoms with van der Waals surface area (Å²) in [5.74, 6) is -3.74. The number of amides is 2. The molecule has 2 amide bonds. The fourth-order valence-corrected chi connectivity index (χ4v) is 8.01. The number of halogens is 1. The van der Waals surface area contributed by atoms with Gasteiger partial charge in [0, 0.05) is 16.9 Å². The highest BCUT2D eigenvalue weighted by molar-refractivity contribution is 6.31. The molecule has 2 fully saturated rings. The number of benzene rings is 2. The number of methoxy groups -OCH3 is 2. The quantitative estimate of drug-likeness (QED) is 0.375. The molecule has 1 saturated carbocycles. The lowest BCUT2D eigenvalue weighted by atomic mass is 9.46. The molecule has 1 saturated heterocycles. The molecule has 8 nitrogen and oxygen atoms in total. The van der Waals surface area contributed by atoms with Crippen LogP contribution >= 0.6 is 11.6 Å². The highest BCUT2D eigenvalue weighted by Crippen LogP contribution is 2.63. The molecule has 0 aromatic heterocycles. The first-order valence-electron chi connectivity index (χ1n) is 14.0. The largest absolute Gasteiger partial charge is 0.502 e. The number of phenolic OH excluding ortho intramolecular Hbond substituents is 1. The number of rotatable bonds is 4. The van der Waals surface area contributed by atoms with E-state index in [1.54, 1.807) is 50.2 Å². The number of imide groups is 1. The van der Waals surface area contributed by atoms with Crippen molar-refractivity contribution in [2.24, 2.45) is 29.1 Å². The highest BCUT2D eigenvalue weighted by atomic mass is 35.5. The number of carbonyl (C=O) groups excluding carboxylic acids is 4. The highest BCUT2D eigenvalue weighted by Gasteiger charge is 2.64. The van der Waals surface area contributed by atoms with Crippen molar-refractivity contribution >= 4 is 40.7 Å². The van der Waals surface area contributed by atoms with Crippen LogP contribution in [0.15, 0.2) is 59.2 Å². The number of aromatic hydroxyl groups is 1. The molecular weight excluding hydrogens is 558 g/mol. The minimum Gasteiger partial charge on any atom is -0.502 e. The van der Waals surface area contributed by atoms with E-state index in [9.17, 15) is 24.3 Å². The summed E-state index contributed by atoms with van der Waals surface area (Å²) in [6.45, 7) is 5.19. The van der Waals surface area contributed by atoms with E-state index in [0.717, 1.165) is 5.57 Å². The first-order valence-corrected chi connectivity index (χ1v) is 14.4. The van der Waals surface area contributed by atoms with Crippen LogP contribution in [0.3, 0.4) is 0 Å². The summed E-state index contributed by atoms with van der Waals surface area (Å²) in [4.78, 5) is 57.1. The Bertz CT molecular complexity index is 1600. The molecule has 42 heavy (non-hydrogen) atoms. The lowest BCUT2D eigenvalue weighted by molar-refractivity contribution is -0.142. The third kappa shape index (κ3) is 3.73. The smallest absolute Gasteiger partial charge is 0.238 e. The van der Waals surface area contributed by atoms with E-state index < -0.39 is 35.0 Å². The number of nitrogens with zero attached hydrogens (tertiary/aromatic N) is 1. The number of ether oxygens (including phenoxy) is 2. The fourth-order valence-electron chi connectivity index (χ4n) is 7.88. The van der Waals surface area contributed by atoms with Crippen molar-refractivity contribution in [2.75, 3.05) is 19.1 Å². The number of allylic oxidation sites excluding steroid dienone is 4. The summed E-state index contributed by atoms with van der Waals surface area (Å²) in [6.07, 6.45) is 2.58. The summed E-state index contributed by atoms with van der Waals surface area (Å²) in [5.41, 5.74) is 1.62. The Hall–Kier alpha value is -3.91. The van der Waals surface area contributed by atoms with Crippen LogP contribution in [-0.2, 0) is 19.2 Å². The molecule has 1 N–H and O–H groups in total. The Morgan fingerprint density at radius 2 is 1.55 bits per heavy atom. The maximum Gasteiger partial charge on any atom is 0.238 e. The molecule has 0 bridgehead atoms. The van der Waals surface area contributed by atoms with E-state index in [4.69, 9.17) is 21.1 Å². The number of fused-ring (bicyclic) bond motifs is 4. The van der Waals surface area contributed by atoms with Crippen LogP contribution in [0, 0.1) is 29.1 Å². The normalized spacial score (nSPS) is 30.6. The van der Waals surface area contributed by atoms with Gasteiger partial charge in [0.1, 0.15) is 0 Å². The maximum atomic E-state index is 14.2. The zero-order valence-corrected chi connectivity index (χ0v) is 24.8. The summed E-state index contributed by atoms with van der Waals surface area (Å²) < 4.78 is 10.9. The first kappa shape index (κ1) is 28.2. The molecule has 3 aliphatic carbocycles. The number of carbonyl (C=O) groups is 4. The summed E-state index contributed by atoms with van der Waals surface area (Å²) in [5, 5.41) is 11.2. The zero-order valence-electron chi connectivity index (χ0n) is 24.1. The molecule has 0 radical (unpaired) electrons. The molecule has 2 aromatic rings. The Kier molecular flexibility index (Phi) is 6.61. The van der Waals surface area contributed by atoms with E-state index in [2.05, 4.69) is 0 Å². The molecule has 1 aliphatic heterocycles. The van der Waals surface area contributed by atoms with E-state index in [0.29, 0.717) is 33.8 Å². The van der Waals surface area contributed by atoms with Crippen molar-refractivity contribution in [2.45, 2.75) is 39.5 Å². The number of phenols is 1. The van der Waals surface area contributed by atoms with E-state index >= 15 is 0 Å². The van der Waals surface area contributed by atoms with Crippen LogP contribution in [0.25, 0.3) is 0 Å². The lowest BCUT2D eigenvalue weighted by Gasteiger charge is -2.54. The standard InChI is InChI=1S/C33H32ClNO7/c1-15-16(2)30(38)33(3)23(28(15)36)14-22-20(27(33)17-12-24(41-4)29(37)25(13-17)42-5)10-11-21-26(22)32(40)35(31(21)39)19-8-6-18(34)7-9-19/h6-10,12-13,21-23,26-27,37H,11,14H2,1-5H3/t21-,22+,23-,26-,27-,33+/m0/s1. The molecule has 0 unspecified atom stereocenters. The van der Waals surface area contributed by atoms with E-state index in [1.807, 2.05) is 13.0 Å². The van der Waals surface area contributed by atoms with Gasteiger partial charge in [-0.3, -0.25) is 24.1 Å². The van der Waals surface area contributed by atoms with Crippen molar-refractivity contribution in [1.29, 1.82) is 0 Å². The van der Waals surface area contributed by atoms with Crippen LogP contribution in [-0.4, -0.2) is 42.7 Å². The van der Waals surface area contributed by atoms with Gasteiger partial charge in [-0.15, -0.1) is 0 Å². The van der Waals surface area contributed by atoms with Gasteiger partial charge in [-0.2, -0.15) is 0 Å². The minimum atomic E-state index is -1.16. The Morgan fingerprint density at radius 1 is 0.929 bits per heavy atom. The fraction of sp³-hybridized carbons (Fsp3) is 0.394. The molecule has 218 valence electrons. The average Bonchev–Trinajstić information content (AvgIpc) is 3.24. The Morgan fingerprint density at radius 3 is 2.14 bits per heavy atom. The van der Waals surface area contributed by atoms with Gasteiger partial charge >= 0.3 is 0 Å². The van der Waals surface area contributed by atoms with Gasteiger partial charge in [0.2, 0.25) is 17.6 Å². The molecule has 1 heterocycles. The van der Waals surface area contributed by atoms with Crippen LogP contribution in [0.2, 0.25) is 5.02 Å². The minimum absolute atomic E-state index is 0.121. The Labute approximate surface area is 248 Å². The van der Waals surface area contributed by atoms with Crippen molar-refractivity contribution in [3.8, 4) is 17.2 Å². The topological polar surface area (TPSA) is 110 Å². The molecule has 6 atom stereocenters. The van der Waals surface area contributed by atoms with Gasteiger partial charge in [-0.05, 0) is 85.7 Å². The monoisotopic (exact) mass is 589 g/mol. The van der Waals surface area contributed by atoms with Gasteiger partial charge in [0.15, 0.2) is 23.1 Å². The lowest BCUT2D eigenvalue weighted by Crippen LogP contribution is -2.55. The molecular formula is C33H32ClNO7. The molecule has 4 aliphatic rings. The zero-order chi connectivity index (χ0) is 30.2. The number of anilines is 1. The van der Waals surface area contributed by atoms with Gasteiger partial charge in [0.25, 0.3) is 0 Å². The number of Topliss-reactive ketones (excluding diaryl/α,β-unsaturated/α-hetero) is 2. The number of ketones is 2. The third-order valence-electron chi connectivity index (χ3n) is 10.1. The molecule has 0 spiro atoms. The first-order chi connectivity index (χ1) is 19.9. The van der Waals surface area contributed by atoms with Crippen molar-refractivity contribution in [3.63, 3.8) is 0 Å². The summed E-state index contributed by atoms with van der Waals surface area (Å²) in [7, 11) is 2.85. The second-order valence-corrected chi connectivity index (χ2v) is 12.3.